The first-order chi connectivity index (χ1) is 12.7. The number of carbonyl (C=O) groups is 1. The Labute approximate surface area is 158 Å². The zero-order valence-corrected chi connectivity index (χ0v) is 15.6. The minimum Gasteiger partial charge on any atom is -0.351 e. The van der Waals surface area contributed by atoms with Gasteiger partial charge in [-0.05, 0) is 49.9 Å². The van der Waals surface area contributed by atoms with Gasteiger partial charge >= 0.3 is 0 Å². The summed E-state index contributed by atoms with van der Waals surface area (Å²) >= 11 is 5.97. The van der Waals surface area contributed by atoms with Gasteiger partial charge in [0.25, 0.3) is 5.91 Å². The average Bonchev–Trinajstić information content (AvgIpc) is 3.36. The molecule has 2 aromatic rings. The van der Waals surface area contributed by atoms with Crippen molar-refractivity contribution in [2.45, 2.75) is 38.1 Å². The summed E-state index contributed by atoms with van der Waals surface area (Å²) in [6, 6.07) is 9.89. The quantitative estimate of drug-likeness (QED) is 0.814. The van der Waals surface area contributed by atoms with Crippen molar-refractivity contribution < 1.29 is 9.32 Å². The predicted octanol–water partition coefficient (Wildman–Crippen LogP) is 3.94. The van der Waals surface area contributed by atoms with E-state index in [0.29, 0.717) is 11.7 Å². The summed E-state index contributed by atoms with van der Waals surface area (Å²) in [5.41, 5.74) is 2.17. The molecule has 1 aromatic carbocycles. The Morgan fingerprint density at radius 3 is 2.69 bits per heavy atom. The lowest BCUT2D eigenvalue weighted by atomic mass is 9.94. The van der Waals surface area contributed by atoms with Gasteiger partial charge in [0.05, 0.1) is 5.69 Å². The molecule has 0 bridgehead atoms. The molecule has 0 N–H and O–H groups in total. The fourth-order valence-corrected chi connectivity index (χ4v) is 4.07. The molecule has 3 heterocycles. The van der Waals surface area contributed by atoms with Crippen molar-refractivity contribution in [1.29, 1.82) is 0 Å². The largest absolute Gasteiger partial charge is 0.351 e. The second kappa shape index (κ2) is 7.80. The molecule has 26 heavy (non-hydrogen) atoms. The van der Waals surface area contributed by atoms with Crippen molar-refractivity contribution in [2.24, 2.45) is 0 Å². The van der Waals surface area contributed by atoms with Gasteiger partial charge < -0.3 is 9.42 Å². The van der Waals surface area contributed by atoms with Crippen LogP contribution in [0, 0.1) is 0 Å². The van der Waals surface area contributed by atoms with Gasteiger partial charge in [0.15, 0.2) is 0 Å². The number of rotatable bonds is 4. The molecule has 6 heteroatoms. The zero-order valence-electron chi connectivity index (χ0n) is 14.9. The molecular weight excluding hydrogens is 350 g/mol. The third-order valence-corrected chi connectivity index (χ3v) is 5.63. The number of likely N-dealkylation sites (tertiary alicyclic amines) is 2. The monoisotopic (exact) mass is 373 g/mol. The van der Waals surface area contributed by atoms with Gasteiger partial charge in [0, 0.05) is 43.2 Å². The fourth-order valence-electron chi connectivity index (χ4n) is 3.95. The molecule has 0 saturated carbocycles. The topological polar surface area (TPSA) is 49.6 Å². The predicted molar refractivity (Wildman–Crippen MR) is 100 cm³/mol. The Balaban J connectivity index is 1.39. The van der Waals surface area contributed by atoms with Crippen LogP contribution >= 0.6 is 11.6 Å². The number of amides is 1. The van der Waals surface area contributed by atoms with E-state index in [4.69, 9.17) is 16.1 Å². The average molecular weight is 374 g/mol. The van der Waals surface area contributed by atoms with Crippen LogP contribution in [0.15, 0.2) is 34.9 Å². The number of hydrogen-bond donors (Lipinski definition) is 0. The molecule has 2 aliphatic heterocycles. The van der Waals surface area contributed by atoms with E-state index in [1.54, 1.807) is 0 Å². The first-order valence-corrected chi connectivity index (χ1v) is 9.79. The molecule has 2 aliphatic rings. The van der Waals surface area contributed by atoms with Gasteiger partial charge in [-0.2, -0.15) is 0 Å². The van der Waals surface area contributed by atoms with Crippen molar-refractivity contribution in [3.8, 4) is 0 Å². The summed E-state index contributed by atoms with van der Waals surface area (Å²) < 4.78 is 5.38. The molecule has 4 rings (SSSR count). The Morgan fingerprint density at radius 1 is 1.15 bits per heavy atom. The number of piperidine rings is 1. The zero-order chi connectivity index (χ0) is 17.9. The highest BCUT2D eigenvalue weighted by Crippen LogP contribution is 2.28. The summed E-state index contributed by atoms with van der Waals surface area (Å²) in [6.07, 6.45) is 4.37. The van der Waals surface area contributed by atoms with Crippen molar-refractivity contribution >= 4 is 17.5 Å². The minimum absolute atomic E-state index is 0.0184. The van der Waals surface area contributed by atoms with Crippen LogP contribution in [0.4, 0.5) is 0 Å². The van der Waals surface area contributed by atoms with E-state index in [0.717, 1.165) is 69.1 Å². The lowest BCUT2D eigenvalue weighted by molar-refractivity contribution is 0.0751. The van der Waals surface area contributed by atoms with Crippen LogP contribution in [0.1, 0.15) is 53.4 Å². The molecule has 2 fully saturated rings. The van der Waals surface area contributed by atoms with Gasteiger partial charge in [0.1, 0.15) is 0 Å². The number of halogens is 1. The number of aromatic nitrogens is 1. The maximum absolute atomic E-state index is 12.4. The highest BCUT2D eigenvalue weighted by Gasteiger charge is 2.27. The molecule has 1 amide bonds. The first-order valence-electron chi connectivity index (χ1n) is 9.42. The molecule has 1 atom stereocenters. The van der Waals surface area contributed by atoms with E-state index in [-0.39, 0.29) is 5.91 Å². The Kier molecular flexibility index (Phi) is 5.27. The van der Waals surface area contributed by atoms with Gasteiger partial charge in [-0.1, -0.05) is 28.9 Å². The Bertz CT molecular complexity index is 753. The molecule has 1 aromatic heterocycles. The minimum atomic E-state index is -0.0184. The number of benzene rings is 1. The van der Waals surface area contributed by atoms with Crippen LogP contribution in [0.25, 0.3) is 0 Å². The van der Waals surface area contributed by atoms with Crippen LogP contribution in [0.2, 0.25) is 5.02 Å². The maximum Gasteiger partial charge on any atom is 0.292 e. The molecule has 0 radical (unpaired) electrons. The van der Waals surface area contributed by atoms with E-state index in [2.05, 4.69) is 22.2 Å². The van der Waals surface area contributed by atoms with Gasteiger partial charge in [-0.15, -0.1) is 0 Å². The summed E-state index contributed by atoms with van der Waals surface area (Å²) in [5.74, 6) is 0.687. The molecule has 138 valence electrons. The van der Waals surface area contributed by atoms with Crippen molar-refractivity contribution in [3.63, 3.8) is 0 Å². The first kappa shape index (κ1) is 17.6. The molecule has 0 aliphatic carbocycles. The van der Waals surface area contributed by atoms with Gasteiger partial charge in [0.2, 0.25) is 5.76 Å². The molecule has 1 unspecified atom stereocenters. The van der Waals surface area contributed by atoms with Crippen molar-refractivity contribution in [2.75, 3.05) is 26.2 Å². The summed E-state index contributed by atoms with van der Waals surface area (Å²) in [6.45, 7) is 4.58. The Hall–Kier alpha value is -1.85. The van der Waals surface area contributed by atoms with E-state index in [9.17, 15) is 4.79 Å². The summed E-state index contributed by atoms with van der Waals surface area (Å²) in [5, 5.41) is 4.99. The number of carbonyl (C=O) groups excluding carboxylic acids is 1. The maximum atomic E-state index is 12.4. The lowest BCUT2D eigenvalue weighted by Gasteiger charge is -2.31. The van der Waals surface area contributed by atoms with Crippen molar-refractivity contribution in [3.05, 3.63) is 52.4 Å². The van der Waals surface area contributed by atoms with E-state index < -0.39 is 0 Å². The second-order valence-electron chi connectivity index (χ2n) is 7.32. The number of nitrogens with zero attached hydrogens (tertiary/aromatic N) is 3. The SMILES string of the molecule is O=C(c1cc(C2CCCN(Cc3ccc(Cl)cc3)C2)no1)N1CCCC1. The van der Waals surface area contributed by atoms with Crippen molar-refractivity contribution in [1.82, 2.24) is 15.0 Å². The highest BCUT2D eigenvalue weighted by atomic mass is 35.5. The lowest BCUT2D eigenvalue weighted by Crippen LogP contribution is -2.34. The number of hydrogen-bond acceptors (Lipinski definition) is 4. The third kappa shape index (κ3) is 3.94. The van der Waals surface area contributed by atoms with Crippen LogP contribution in [-0.2, 0) is 6.54 Å². The third-order valence-electron chi connectivity index (χ3n) is 5.38. The van der Waals surface area contributed by atoms with Gasteiger partial charge in [-0.3, -0.25) is 9.69 Å². The van der Waals surface area contributed by atoms with Crippen LogP contribution in [-0.4, -0.2) is 47.0 Å². The smallest absolute Gasteiger partial charge is 0.292 e. The van der Waals surface area contributed by atoms with Crippen LogP contribution in [0.3, 0.4) is 0 Å². The molecule has 5 nitrogen and oxygen atoms in total. The second-order valence-corrected chi connectivity index (χ2v) is 7.75. The summed E-state index contributed by atoms with van der Waals surface area (Å²) in [4.78, 5) is 16.7. The van der Waals surface area contributed by atoms with E-state index >= 15 is 0 Å². The van der Waals surface area contributed by atoms with E-state index in [1.807, 2.05) is 23.1 Å². The van der Waals surface area contributed by atoms with Crippen LogP contribution in [0.5, 0.6) is 0 Å². The molecule has 0 spiro atoms. The fraction of sp³-hybridized carbons (Fsp3) is 0.500. The summed E-state index contributed by atoms with van der Waals surface area (Å²) in [7, 11) is 0. The highest BCUT2D eigenvalue weighted by molar-refractivity contribution is 6.30. The van der Waals surface area contributed by atoms with Gasteiger partial charge in [-0.25, -0.2) is 0 Å². The molecular formula is C20H24ClN3O2. The van der Waals surface area contributed by atoms with E-state index in [1.165, 1.54) is 5.56 Å². The normalized spacial score (nSPS) is 21.3. The standard InChI is InChI=1S/C20H24ClN3O2/c21-17-7-5-15(6-8-17)13-23-9-3-4-16(14-23)18-12-19(26-22-18)20(25)24-10-1-2-11-24/h5-8,12,16H,1-4,9-11,13-14H2. The molecule has 2 saturated heterocycles. The van der Waals surface area contributed by atoms with Crippen LogP contribution < -0.4 is 0 Å². The Morgan fingerprint density at radius 2 is 1.92 bits per heavy atom.